The molecule has 0 bridgehead atoms. The van der Waals surface area contributed by atoms with Crippen LogP contribution in [-0.2, 0) is 27.0 Å². The van der Waals surface area contributed by atoms with Crippen LogP contribution in [0.5, 0.6) is 5.88 Å². The van der Waals surface area contributed by atoms with Crippen molar-refractivity contribution >= 4 is 33.6 Å². The summed E-state index contributed by atoms with van der Waals surface area (Å²) in [6, 6.07) is 9.69. The van der Waals surface area contributed by atoms with Crippen LogP contribution in [0.1, 0.15) is 30.4 Å². The Kier molecular flexibility index (Phi) is 7.16. The molecule has 2 aliphatic rings. The Balaban J connectivity index is 1.29. The molecule has 11 heteroatoms. The molecule has 2 aliphatic heterocycles. The molecule has 1 aromatic heterocycles. The number of hydrogen-bond donors (Lipinski definition) is 2. The van der Waals surface area contributed by atoms with Crippen LogP contribution in [0.3, 0.4) is 0 Å². The average molecular weight is 493 g/mol. The maximum atomic E-state index is 13.0. The van der Waals surface area contributed by atoms with E-state index in [2.05, 4.69) is 15.6 Å². The molecule has 33 heavy (non-hydrogen) atoms. The summed E-state index contributed by atoms with van der Waals surface area (Å²) >= 11 is 5.84. The summed E-state index contributed by atoms with van der Waals surface area (Å²) in [4.78, 5) is 27.0. The fraction of sp³-hybridized carbons (Fsp3) is 0.409. The van der Waals surface area contributed by atoms with E-state index in [1.165, 1.54) is 10.5 Å². The maximum Gasteiger partial charge on any atom is 0.322 e. The number of carbonyl (C=O) groups is 2. The second-order valence-electron chi connectivity index (χ2n) is 8.16. The van der Waals surface area contributed by atoms with Gasteiger partial charge in [0.15, 0.2) is 0 Å². The molecule has 0 radical (unpaired) electrons. The van der Waals surface area contributed by atoms with E-state index in [1.54, 1.807) is 18.2 Å². The predicted molar refractivity (Wildman–Crippen MR) is 122 cm³/mol. The number of nitrogens with one attached hydrogen (secondary N) is 2. The number of piperidine rings is 1. The van der Waals surface area contributed by atoms with Crippen LogP contribution in [0.4, 0.5) is 4.79 Å². The molecule has 1 aromatic carbocycles. The van der Waals surface area contributed by atoms with Gasteiger partial charge in [0.05, 0.1) is 10.8 Å². The van der Waals surface area contributed by atoms with Crippen LogP contribution in [0, 0.1) is 0 Å². The highest BCUT2D eigenvalue weighted by Gasteiger charge is 2.30. The number of imide groups is 1. The summed E-state index contributed by atoms with van der Waals surface area (Å²) in [5.41, 5.74) is 1.61. The number of carbonyl (C=O) groups excluding carboxylic acids is 2. The number of sulfonamides is 1. The summed E-state index contributed by atoms with van der Waals surface area (Å²) in [6.07, 6.45) is 3.58. The fourth-order valence-corrected chi connectivity index (χ4v) is 5.64. The van der Waals surface area contributed by atoms with Gasteiger partial charge < -0.3 is 10.1 Å². The van der Waals surface area contributed by atoms with Crippen LogP contribution in [0.25, 0.3) is 0 Å². The van der Waals surface area contributed by atoms with E-state index < -0.39 is 22.1 Å². The number of aryl methyl sites for hydroxylation is 1. The van der Waals surface area contributed by atoms with Gasteiger partial charge in [0.1, 0.15) is 12.1 Å². The first-order valence-corrected chi connectivity index (χ1v) is 12.7. The summed E-state index contributed by atoms with van der Waals surface area (Å²) in [5.74, 6) is 0.0521. The molecule has 3 heterocycles. The van der Waals surface area contributed by atoms with E-state index >= 15 is 0 Å². The third-order valence-corrected chi connectivity index (χ3v) is 7.78. The Morgan fingerprint density at radius 2 is 1.88 bits per heavy atom. The number of benzene rings is 1. The minimum atomic E-state index is -3.48. The number of hydrogen-bond acceptors (Lipinski definition) is 6. The number of halogens is 1. The van der Waals surface area contributed by atoms with Gasteiger partial charge in [-0.1, -0.05) is 35.9 Å². The number of nitrogens with zero attached hydrogens (tertiary/aromatic N) is 2. The summed E-state index contributed by atoms with van der Waals surface area (Å²) < 4.78 is 33.3. The van der Waals surface area contributed by atoms with Gasteiger partial charge >= 0.3 is 6.03 Å². The quantitative estimate of drug-likeness (QED) is 0.546. The molecule has 0 spiro atoms. The number of urea groups is 1. The summed E-state index contributed by atoms with van der Waals surface area (Å²) in [6.45, 7) is 0.771. The van der Waals surface area contributed by atoms with Crippen molar-refractivity contribution in [1.82, 2.24) is 19.9 Å². The lowest BCUT2D eigenvalue weighted by molar-refractivity contribution is -0.120. The Labute approximate surface area is 197 Å². The van der Waals surface area contributed by atoms with Gasteiger partial charge in [-0.25, -0.2) is 22.5 Å². The van der Waals surface area contributed by atoms with Crippen molar-refractivity contribution in [2.45, 2.75) is 43.6 Å². The van der Waals surface area contributed by atoms with Gasteiger partial charge in [-0.3, -0.25) is 10.1 Å². The lowest BCUT2D eigenvalue weighted by Crippen LogP contribution is -2.42. The van der Waals surface area contributed by atoms with Crippen LogP contribution in [-0.4, -0.2) is 54.9 Å². The highest BCUT2D eigenvalue weighted by atomic mass is 35.5. The predicted octanol–water partition coefficient (Wildman–Crippen LogP) is 2.25. The zero-order valence-corrected chi connectivity index (χ0v) is 19.4. The van der Waals surface area contributed by atoms with E-state index in [0.29, 0.717) is 55.2 Å². The van der Waals surface area contributed by atoms with Crippen molar-refractivity contribution in [2.24, 2.45) is 0 Å². The van der Waals surface area contributed by atoms with E-state index in [9.17, 15) is 18.0 Å². The molecule has 9 nitrogen and oxygen atoms in total. The first kappa shape index (κ1) is 23.5. The van der Waals surface area contributed by atoms with E-state index in [4.69, 9.17) is 16.3 Å². The van der Waals surface area contributed by atoms with Crippen LogP contribution in [0.2, 0.25) is 5.02 Å². The second kappa shape index (κ2) is 10.1. The average Bonchev–Trinajstić information content (AvgIpc) is 3.11. The number of amides is 3. The van der Waals surface area contributed by atoms with Gasteiger partial charge in [0.25, 0.3) is 5.91 Å². The minimum absolute atomic E-state index is 0.0915. The molecular weight excluding hydrogens is 468 g/mol. The maximum absolute atomic E-state index is 13.0. The molecule has 2 fully saturated rings. The molecule has 0 aliphatic carbocycles. The van der Waals surface area contributed by atoms with Crippen molar-refractivity contribution in [2.75, 3.05) is 13.1 Å². The second-order valence-corrected chi connectivity index (χ2v) is 10.6. The number of pyridine rings is 1. The molecule has 176 valence electrons. The van der Waals surface area contributed by atoms with E-state index in [0.717, 1.165) is 5.56 Å². The summed E-state index contributed by atoms with van der Waals surface area (Å²) in [5, 5.41) is 5.31. The summed E-state index contributed by atoms with van der Waals surface area (Å²) in [7, 11) is -3.48. The van der Waals surface area contributed by atoms with Gasteiger partial charge in [0, 0.05) is 25.4 Å². The third-order valence-electron chi connectivity index (χ3n) is 5.70. The first-order valence-electron chi connectivity index (χ1n) is 10.7. The molecule has 4 rings (SSSR count). The lowest BCUT2D eigenvalue weighted by atomic mass is 10.0. The lowest BCUT2D eigenvalue weighted by Gasteiger charge is -2.31. The van der Waals surface area contributed by atoms with Gasteiger partial charge in [-0.05, 0) is 42.9 Å². The van der Waals surface area contributed by atoms with Gasteiger partial charge in [-0.2, -0.15) is 0 Å². The third kappa shape index (κ3) is 6.21. The van der Waals surface area contributed by atoms with Crippen LogP contribution >= 0.6 is 11.6 Å². The normalized spacial score (nSPS) is 19.8. The minimum Gasteiger partial charge on any atom is -0.474 e. The first-order chi connectivity index (χ1) is 15.8. The van der Waals surface area contributed by atoms with Crippen molar-refractivity contribution < 1.29 is 22.7 Å². The zero-order chi connectivity index (χ0) is 23.4. The SMILES string of the molecule is O=C1NC(=O)[C@@H](CCc2cccc(CS(=O)(=O)N3CCC(Oc4ccc(Cl)cn4)CC3)c2)N1. The number of aromatic nitrogens is 1. The zero-order valence-electron chi connectivity index (χ0n) is 17.9. The highest BCUT2D eigenvalue weighted by molar-refractivity contribution is 7.88. The van der Waals surface area contributed by atoms with Crippen molar-refractivity contribution in [3.63, 3.8) is 0 Å². The Morgan fingerprint density at radius 3 is 2.55 bits per heavy atom. The van der Waals surface area contributed by atoms with E-state index in [-0.39, 0.29) is 17.8 Å². The van der Waals surface area contributed by atoms with Gasteiger partial charge in [0.2, 0.25) is 15.9 Å². The molecule has 1 atom stereocenters. The van der Waals surface area contributed by atoms with Crippen molar-refractivity contribution in [3.8, 4) is 5.88 Å². The molecule has 0 unspecified atom stereocenters. The van der Waals surface area contributed by atoms with Crippen molar-refractivity contribution in [3.05, 3.63) is 58.7 Å². The molecule has 2 aromatic rings. The largest absolute Gasteiger partial charge is 0.474 e. The monoisotopic (exact) mass is 492 g/mol. The highest BCUT2D eigenvalue weighted by Crippen LogP contribution is 2.22. The van der Waals surface area contributed by atoms with Crippen LogP contribution in [0.15, 0.2) is 42.6 Å². The molecule has 2 saturated heterocycles. The Hall–Kier alpha value is -2.69. The standard InChI is InChI=1S/C22H25ClN4O5S/c23-17-5-7-20(24-13-17)32-18-8-10-27(11-9-18)33(30,31)14-16-3-1-2-15(12-16)4-6-19-21(28)26-22(29)25-19/h1-3,5,7,12-13,18-19H,4,6,8-11,14H2,(H2,25,26,28,29)/t19-/m1/s1. The van der Waals surface area contributed by atoms with Gasteiger partial charge in [-0.15, -0.1) is 0 Å². The Bertz CT molecular complexity index is 1120. The molecular formula is C22H25ClN4O5S. The molecule has 2 N–H and O–H groups in total. The number of rotatable bonds is 8. The van der Waals surface area contributed by atoms with E-state index in [1.807, 2.05) is 18.2 Å². The molecule has 3 amide bonds. The topological polar surface area (TPSA) is 118 Å². The van der Waals surface area contributed by atoms with Crippen LogP contribution < -0.4 is 15.4 Å². The molecule has 0 saturated carbocycles. The fourth-order valence-electron chi connectivity index (χ4n) is 3.98. The number of ether oxygens (including phenoxy) is 1. The smallest absolute Gasteiger partial charge is 0.322 e. The van der Waals surface area contributed by atoms with Crippen molar-refractivity contribution in [1.29, 1.82) is 0 Å². The Morgan fingerprint density at radius 1 is 1.12 bits per heavy atom.